The second-order valence-corrected chi connectivity index (χ2v) is 10.2. The first-order chi connectivity index (χ1) is 16.9. The van der Waals surface area contributed by atoms with Crippen LogP contribution in [0.3, 0.4) is 0 Å². The minimum atomic E-state index is -3.42. The molecule has 0 bridgehead atoms. The molecule has 1 saturated heterocycles. The molecule has 0 radical (unpaired) electrons. The highest BCUT2D eigenvalue weighted by atomic mass is 32.2. The number of piperazine rings is 1. The van der Waals surface area contributed by atoms with Gasteiger partial charge in [-0.05, 0) is 18.2 Å². The third-order valence-electron chi connectivity index (χ3n) is 6.05. The summed E-state index contributed by atoms with van der Waals surface area (Å²) in [6.07, 6.45) is 14.1. The van der Waals surface area contributed by atoms with Gasteiger partial charge in [0.1, 0.15) is 17.6 Å². The Morgan fingerprint density at radius 3 is 2.46 bits per heavy atom. The highest BCUT2D eigenvalue weighted by molar-refractivity contribution is 7.89. The van der Waals surface area contributed by atoms with Crippen LogP contribution in [0.5, 0.6) is 0 Å². The molecule has 4 aromatic heterocycles. The number of hydrogen-bond acceptors (Lipinski definition) is 7. The number of aromatic nitrogens is 5. The molecule has 11 heteroatoms. The van der Waals surface area contributed by atoms with E-state index in [1.807, 2.05) is 42.5 Å². The van der Waals surface area contributed by atoms with E-state index >= 15 is 0 Å². The Morgan fingerprint density at radius 1 is 1.03 bits per heavy atom. The Labute approximate surface area is 203 Å². The standard InChI is InChI=1S/C24H22N8O2S/c1-3-10-35(33,34)31-8-6-30(7-9-31)23-5-4-18(13-26-23)22-11-19(21-15-27-29(2)16-21)17-32-24(22)20(12-25)14-28-32/h1,4-5,11,13-17H,6-10H2,2H3. The monoisotopic (exact) mass is 486 g/mol. The van der Waals surface area contributed by atoms with E-state index < -0.39 is 10.0 Å². The predicted octanol–water partition coefficient (Wildman–Crippen LogP) is 1.75. The fourth-order valence-corrected chi connectivity index (χ4v) is 5.39. The Hall–Kier alpha value is -4.19. The first-order valence-electron chi connectivity index (χ1n) is 10.9. The Morgan fingerprint density at radius 2 is 1.83 bits per heavy atom. The van der Waals surface area contributed by atoms with Gasteiger partial charge in [-0.25, -0.2) is 17.9 Å². The minimum absolute atomic E-state index is 0.286. The van der Waals surface area contributed by atoms with Crippen molar-refractivity contribution in [1.29, 1.82) is 5.26 Å². The highest BCUT2D eigenvalue weighted by Crippen LogP contribution is 2.32. The number of rotatable bonds is 5. The van der Waals surface area contributed by atoms with Crippen LogP contribution in [0.1, 0.15) is 5.56 Å². The summed E-state index contributed by atoms with van der Waals surface area (Å²) in [5.74, 6) is 2.69. The lowest BCUT2D eigenvalue weighted by Gasteiger charge is -2.34. The molecule has 0 amide bonds. The number of aryl methyl sites for hydroxylation is 1. The zero-order valence-electron chi connectivity index (χ0n) is 19.0. The molecule has 1 fully saturated rings. The van der Waals surface area contributed by atoms with Crippen LogP contribution in [0, 0.1) is 23.7 Å². The van der Waals surface area contributed by atoms with Gasteiger partial charge in [-0.15, -0.1) is 6.42 Å². The van der Waals surface area contributed by atoms with Crippen LogP contribution in [0.4, 0.5) is 5.82 Å². The quantitative estimate of drug-likeness (QED) is 0.395. The van der Waals surface area contributed by atoms with Crippen molar-refractivity contribution in [3.8, 4) is 40.7 Å². The number of terminal acetylenes is 1. The predicted molar refractivity (Wildman–Crippen MR) is 132 cm³/mol. The zero-order valence-corrected chi connectivity index (χ0v) is 19.9. The SMILES string of the molecule is C#CCS(=O)(=O)N1CCN(c2ccc(-c3cc(-c4cnn(C)c4)cn4ncc(C#N)c34)cn2)CC1. The summed E-state index contributed by atoms with van der Waals surface area (Å²) in [7, 11) is -1.56. The molecule has 0 unspecified atom stereocenters. The molecule has 0 spiro atoms. The van der Waals surface area contributed by atoms with Crippen LogP contribution in [-0.4, -0.2) is 69.0 Å². The molecule has 10 nitrogen and oxygen atoms in total. The number of pyridine rings is 2. The molecule has 1 aliphatic heterocycles. The summed E-state index contributed by atoms with van der Waals surface area (Å²) in [6, 6.07) is 8.10. The van der Waals surface area contributed by atoms with Gasteiger partial charge in [0.15, 0.2) is 0 Å². The summed E-state index contributed by atoms with van der Waals surface area (Å²) in [6.45, 7) is 1.78. The van der Waals surface area contributed by atoms with Gasteiger partial charge < -0.3 is 4.90 Å². The van der Waals surface area contributed by atoms with Crippen LogP contribution in [0.25, 0.3) is 27.8 Å². The first kappa shape index (κ1) is 22.6. The van der Waals surface area contributed by atoms with Gasteiger partial charge in [-0.2, -0.15) is 19.8 Å². The Balaban J connectivity index is 1.45. The molecule has 0 N–H and O–H groups in total. The fourth-order valence-electron chi connectivity index (χ4n) is 4.28. The molecule has 1 aliphatic rings. The molecular weight excluding hydrogens is 464 g/mol. The molecule has 0 atom stereocenters. The summed E-state index contributed by atoms with van der Waals surface area (Å²) in [5.41, 5.74) is 4.72. The van der Waals surface area contributed by atoms with Crippen LogP contribution in [-0.2, 0) is 17.1 Å². The zero-order chi connectivity index (χ0) is 24.6. The maximum Gasteiger partial charge on any atom is 0.225 e. The van der Waals surface area contributed by atoms with Crippen molar-refractivity contribution in [3.63, 3.8) is 0 Å². The van der Waals surface area contributed by atoms with E-state index in [1.165, 1.54) is 4.31 Å². The molecule has 5 rings (SSSR count). The van der Waals surface area contributed by atoms with Gasteiger partial charge >= 0.3 is 0 Å². The summed E-state index contributed by atoms with van der Waals surface area (Å²) >= 11 is 0. The van der Waals surface area contributed by atoms with E-state index in [0.717, 1.165) is 28.1 Å². The number of nitrogens with zero attached hydrogens (tertiary/aromatic N) is 8. The topological polar surface area (TPSA) is 112 Å². The summed E-state index contributed by atoms with van der Waals surface area (Å²) in [4.78, 5) is 6.70. The van der Waals surface area contributed by atoms with E-state index in [0.29, 0.717) is 37.3 Å². The largest absolute Gasteiger partial charge is 0.354 e. The van der Waals surface area contributed by atoms with Gasteiger partial charge in [-0.3, -0.25) is 4.68 Å². The molecule has 176 valence electrons. The van der Waals surface area contributed by atoms with Crippen molar-refractivity contribution in [2.24, 2.45) is 7.05 Å². The van der Waals surface area contributed by atoms with Gasteiger partial charge in [-0.1, -0.05) is 5.92 Å². The van der Waals surface area contributed by atoms with Crippen LogP contribution < -0.4 is 4.90 Å². The second kappa shape index (κ2) is 8.87. The smallest absolute Gasteiger partial charge is 0.225 e. The molecule has 35 heavy (non-hydrogen) atoms. The third-order valence-corrected chi connectivity index (χ3v) is 7.73. The fraction of sp³-hybridized carbons (Fsp3) is 0.250. The maximum atomic E-state index is 12.2. The van der Waals surface area contributed by atoms with Gasteiger partial charge in [0.2, 0.25) is 10.0 Å². The number of sulfonamides is 1. The van der Waals surface area contributed by atoms with Crippen molar-refractivity contribution < 1.29 is 8.42 Å². The number of anilines is 1. The van der Waals surface area contributed by atoms with E-state index in [2.05, 4.69) is 27.2 Å². The first-order valence-corrected chi connectivity index (χ1v) is 12.5. The van der Waals surface area contributed by atoms with E-state index in [9.17, 15) is 13.7 Å². The molecule has 0 aliphatic carbocycles. The summed E-state index contributed by atoms with van der Waals surface area (Å²) in [5, 5.41) is 18.2. The Kier molecular flexibility index (Phi) is 5.73. The lowest BCUT2D eigenvalue weighted by Crippen LogP contribution is -2.49. The molecule has 0 saturated carbocycles. The van der Waals surface area contributed by atoms with Crippen molar-refractivity contribution in [1.82, 2.24) is 28.7 Å². The number of nitriles is 1. The van der Waals surface area contributed by atoms with E-state index in [1.54, 1.807) is 27.8 Å². The van der Waals surface area contributed by atoms with Crippen LogP contribution >= 0.6 is 0 Å². The maximum absolute atomic E-state index is 12.2. The molecule has 0 aromatic carbocycles. The van der Waals surface area contributed by atoms with Crippen molar-refractivity contribution in [3.05, 3.63) is 54.7 Å². The van der Waals surface area contributed by atoms with Crippen LogP contribution in [0.2, 0.25) is 0 Å². The average molecular weight is 487 g/mol. The second-order valence-electron chi connectivity index (χ2n) is 8.26. The lowest BCUT2D eigenvalue weighted by molar-refractivity contribution is 0.385. The molecule has 5 heterocycles. The van der Waals surface area contributed by atoms with Crippen LogP contribution in [0.15, 0.2) is 49.2 Å². The molecule has 4 aromatic rings. The average Bonchev–Trinajstić information content (AvgIpc) is 3.49. The highest BCUT2D eigenvalue weighted by Gasteiger charge is 2.26. The molecular formula is C24H22N8O2S. The minimum Gasteiger partial charge on any atom is -0.354 e. The summed E-state index contributed by atoms with van der Waals surface area (Å²) < 4.78 is 29.3. The van der Waals surface area contributed by atoms with E-state index in [4.69, 9.17) is 6.42 Å². The normalized spacial score (nSPS) is 14.7. The van der Waals surface area contributed by atoms with Crippen molar-refractivity contribution >= 4 is 21.4 Å². The number of hydrogen-bond donors (Lipinski definition) is 0. The van der Waals surface area contributed by atoms with Crippen molar-refractivity contribution in [2.75, 3.05) is 36.8 Å². The van der Waals surface area contributed by atoms with E-state index in [-0.39, 0.29) is 5.75 Å². The van der Waals surface area contributed by atoms with Crippen molar-refractivity contribution in [2.45, 2.75) is 0 Å². The Bertz CT molecular complexity index is 1580. The number of fused-ring (bicyclic) bond motifs is 1. The van der Waals surface area contributed by atoms with Gasteiger partial charge in [0.05, 0.1) is 23.5 Å². The lowest BCUT2D eigenvalue weighted by atomic mass is 10.0. The van der Waals surface area contributed by atoms with Gasteiger partial charge in [0, 0.05) is 74.1 Å². The third kappa shape index (κ3) is 4.23. The van der Waals surface area contributed by atoms with Gasteiger partial charge in [0.25, 0.3) is 0 Å².